The fourth-order valence-corrected chi connectivity index (χ4v) is 4.99. The van der Waals surface area contributed by atoms with Gasteiger partial charge in [-0.1, -0.05) is 25.3 Å². The Balaban J connectivity index is 1.62. The first kappa shape index (κ1) is 23.8. The standard InChI is InChI=1S/C24H33N3O2S2/c1-24(2,3)27-31-19-13-11-18(12-14-19)25-23(29)21(16-20-10-7-15-30-20)26-22(28)17-8-5-4-6-9-17/h7,10-15,17,21,27H,4-6,8-9,16H2,1-3H3,(H,25,29)(H,26,28). The second-order valence-electron chi connectivity index (χ2n) is 9.15. The number of benzene rings is 1. The quantitative estimate of drug-likeness (QED) is 0.463. The molecule has 7 heteroatoms. The number of hydrogen-bond donors (Lipinski definition) is 3. The van der Waals surface area contributed by atoms with Crippen molar-refractivity contribution in [1.82, 2.24) is 10.0 Å². The molecule has 1 unspecified atom stereocenters. The predicted octanol–water partition coefficient (Wildman–Crippen LogP) is 5.39. The first-order valence-electron chi connectivity index (χ1n) is 11.0. The van der Waals surface area contributed by atoms with Gasteiger partial charge in [-0.05, 0) is 81.3 Å². The molecule has 2 aromatic rings. The fraction of sp³-hybridized carbons (Fsp3) is 0.500. The highest BCUT2D eigenvalue weighted by atomic mass is 32.2. The Kier molecular flexibility index (Phi) is 8.58. The van der Waals surface area contributed by atoms with E-state index >= 15 is 0 Å². The van der Waals surface area contributed by atoms with Crippen molar-refractivity contribution >= 4 is 40.8 Å². The van der Waals surface area contributed by atoms with E-state index in [-0.39, 0.29) is 23.3 Å². The zero-order valence-corrected chi connectivity index (χ0v) is 20.2. The van der Waals surface area contributed by atoms with E-state index < -0.39 is 6.04 Å². The lowest BCUT2D eigenvalue weighted by molar-refractivity contribution is -0.130. The molecule has 0 spiro atoms. The van der Waals surface area contributed by atoms with Gasteiger partial charge in [0, 0.05) is 33.3 Å². The maximum Gasteiger partial charge on any atom is 0.247 e. The minimum absolute atomic E-state index is 0.0106. The van der Waals surface area contributed by atoms with Crippen LogP contribution in [0.3, 0.4) is 0 Å². The Morgan fingerprint density at radius 2 is 1.81 bits per heavy atom. The van der Waals surface area contributed by atoms with Crippen LogP contribution in [0.15, 0.2) is 46.7 Å². The number of amides is 2. The summed E-state index contributed by atoms with van der Waals surface area (Å²) in [6, 6.07) is 11.2. The van der Waals surface area contributed by atoms with E-state index in [1.54, 1.807) is 23.3 Å². The normalized spacial score (nSPS) is 16.0. The van der Waals surface area contributed by atoms with Gasteiger partial charge in [-0.3, -0.25) is 14.3 Å². The van der Waals surface area contributed by atoms with Crippen LogP contribution in [0, 0.1) is 5.92 Å². The summed E-state index contributed by atoms with van der Waals surface area (Å²) in [6.45, 7) is 6.35. The van der Waals surface area contributed by atoms with Gasteiger partial charge in [-0.15, -0.1) is 11.3 Å². The van der Waals surface area contributed by atoms with Crippen molar-refractivity contribution in [2.45, 2.75) is 75.8 Å². The van der Waals surface area contributed by atoms with Crippen molar-refractivity contribution in [2.24, 2.45) is 5.92 Å². The van der Waals surface area contributed by atoms with Gasteiger partial charge in [0.1, 0.15) is 6.04 Å². The highest BCUT2D eigenvalue weighted by Gasteiger charge is 2.27. The second kappa shape index (κ2) is 11.2. The van der Waals surface area contributed by atoms with E-state index in [0.29, 0.717) is 6.42 Å². The van der Waals surface area contributed by atoms with Crippen LogP contribution in [0.4, 0.5) is 5.69 Å². The first-order chi connectivity index (χ1) is 14.8. The Bertz CT molecular complexity index is 839. The van der Waals surface area contributed by atoms with E-state index in [9.17, 15) is 9.59 Å². The highest BCUT2D eigenvalue weighted by molar-refractivity contribution is 7.97. The molecule has 3 N–H and O–H groups in total. The van der Waals surface area contributed by atoms with E-state index in [2.05, 4.69) is 36.1 Å². The summed E-state index contributed by atoms with van der Waals surface area (Å²) in [5.74, 6) is -0.138. The molecule has 1 aliphatic carbocycles. The summed E-state index contributed by atoms with van der Waals surface area (Å²) in [7, 11) is 0. The number of anilines is 1. The van der Waals surface area contributed by atoms with E-state index in [1.165, 1.54) is 6.42 Å². The predicted molar refractivity (Wildman–Crippen MR) is 130 cm³/mol. The molecule has 5 nitrogen and oxygen atoms in total. The molecular weight excluding hydrogens is 426 g/mol. The van der Waals surface area contributed by atoms with Crippen LogP contribution in [-0.4, -0.2) is 23.4 Å². The summed E-state index contributed by atoms with van der Waals surface area (Å²) in [4.78, 5) is 28.0. The third-order valence-corrected chi connectivity index (χ3v) is 7.31. The SMILES string of the molecule is CC(C)(C)NSc1ccc(NC(=O)C(Cc2cccs2)NC(=O)C2CCCCC2)cc1. The molecule has 0 saturated heterocycles. The molecule has 1 fully saturated rings. The smallest absolute Gasteiger partial charge is 0.247 e. The van der Waals surface area contributed by atoms with E-state index in [1.807, 2.05) is 41.8 Å². The van der Waals surface area contributed by atoms with Gasteiger partial charge in [0.15, 0.2) is 0 Å². The third-order valence-electron chi connectivity index (χ3n) is 5.19. The van der Waals surface area contributed by atoms with Crippen molar-refractivity contribution in [3.8, 4) is 0 Å². The molecule has 1 aromatic carbocycles. The van der Waals surface area contributed by atoms with Crippen molar-refractivity contribution in [1.29, 1.82) is 0 Å². The number of carbonyl (C=O) groups is 2. The molecular formula is C24H33N3O2S2. The minimum atomic E-state index is -0.579. The van der Waals surface area contributed by atoms with Crippen LogP contribution in [0.2, 0.25) is 0 Å². The fourth-order valence-electron chi connectivity index (χ4n) is 3.54. The topological polar surface area (TPSA) is 70.2 Å². The Morgan fingerprint density at radius 3 is 2.42 bits per heavy atom. The van der Waals surface area contributed by atoms with Crippen molar-refractivity contribution in [3.05, 3.63) is 46.7 Å². The summed E-state index contributed by atoms with van der Waals surface area (Å²) >= 11 is 3.18. The Hall–Kier alpha value is -1.83. The molecule has 168 valence electrons. The average molecular weight is 460 g/mol. The van der Waals surface area contributed by atoms with Crippen LogP contribution >= 0.6 is 23.3 Å². The molecule has 0 aliphatic heterocycles. The summed E-state index contributed by atoms with van der Waals surface area (Å²) < 4.78 is 3.38. The third kappa shape index (κ3) is 7.98. The maximum atomic E-state index is 13.1. The lowest BCUT2D eigenvalue weighted by Gasteiger charge is -2.24. The lowest BCUT2D eigenvalue weighted by atomic mass is 9.88. The lowest BCUT2D eigenvalue weighted by Crippen LogP contribution is -2.47. The summed E-state index contributed by atoms with van der Waals surface area (Å²) in [6.07, 6.45) is 5.72. The number of carbonyl (C=O) groups excluding carboxylic acids is 2. The molecule has 3 rings (SSSR count). The van der Waals surface area contributed by atoms with E-state index in [4.69, 9.17) is 0 Å². The van der Waals surface area contributed by atoms with Gasteiger partial charge in [0.25, 0.3) is 0 Å². The molecule has 2 amide bonds. The average Bonchev–Trinajstić information content (AvgIpc) is 3.26. The molecule has 1 saturated carbocycles. The Morgan fingerprint density at radius 1 is 1.10 bits per heavy atom. The van der Waals surface area contributed by atoms with Crippen LogP contribution in [0.25, 0.3) is 0 Å². The summed E-state index contributed by atoms with van der Waals surface area (Å²) in [5, 5.41) is 8.01. The number of rotatable bonds is 8. The van der Waals surface area contributed by atoms with Crippen LogP contribution in [0.1, 0.15) is 57.8 Å². The van der Waals surface area contributed by atoms with Crippen LogP contribution in [0.5, 0.6) is 0 Å². The van der Waals surface area contributed by atoms with Crippen LogP contribution in [-0.2, 0) is 16.0 Å². The molecule has 0 bridgehead atoms. The molecule has 31 heavy (non-hydrogen) atoms. The van der Waals surface area contributed by atoms with Gasteiger partial charge in [-0.25, -0.2) is 0 Å². The number of thiophene rings is 1. The number of hydrogen-bond acceptors (Lipinski definition) is 5. The second-order valence-corrected chi connectivity index (χ2v) is 11.1. The molecule has 1 aromatic heterocycles. The summed E-state index contributed by atoms with van der Waals surface area (Å²) in [5.41, 5.74) is 0.747. The number of nitrogens with one attached hydrogen (secondary N) is 3. The van der Waals surface area contributed by atoms with Gasteiger partial charge < -0.3 is 10.6 Å². The molecule has 1 atom stereocenters. The monoisotopic (exact) mass is 459 g/mol. The molecule has 0 radical (unpaired) electrons. The van der Waals surface area contributed by atoms with Gasteiger partial charge in [0.05, 0.1) is 0 Å². The molecule has 1 heterocycles. The first-order valence-corrected chi connectivity index (χ1v) is 12.7. The maximum absolute atomic E-state index is 13.1. The zero-order chi connectivity index (χ0) is 22.3. The van der Waals surface area contributed by atoms with E-state index in [0.717, 1.165) is 41.1 Å². The van der Waals surface area contributed by atoms with Gasteiger partial charge in [-0.2, -0.15) is 0 Å². The van der Waals surface area contributed by atoms with Crippen molar-refractivity contribution < 1.29 is 9.59 Å². The minimum Gasteiger partial charge on any atom is -0.344 e. The van der Waals surface area contributed by atoms with Gasteiger partial charge in [0.2, 0.25) is 11.8 Å². The van der Waals surface area contributed by atoms with Gasteiger partial charge >= 0.3 is 0 Å². The highest BCUT2D eigenvalue weighted by Crippen LogP contribution is 2.24. The van der Waals surface area contributed by atoms with Crippen molar-refractivity contribution in [3.63, 3.8) is 0 Å². The molecule has 1 aliphatic rings. The zero-order valence-electron chi connectivity index (χ0n) is 18.6. The largest absolute Gasteiger partial charge is 0.344 e. The Labute approximate surface area is 193 Å². The van der Waals surface area contributed by atoms with Crippen LogP contribution < -0.4 is 15.4 Å². The van der Waals surface area contributed by atoms with Crippen molar-refractivity contribution in [2.75, 3.05) is 5.32 Å².